The van der Waals surface area contributed by atoms with Gasteiger partial charge in [0.2, 0.25) is 0 Å². The first-order valence-electron chi connectivity index (χ1n) is 2.25. The largest absolute Gasteiger partial charge is 2.00 e. The van der Waals surface area contributed by atoms with Crippen LogP contribution in [0.4, 0.5) is 0 Å². The minimum absolute atomic E-state index is 0. The van der Waals surface area contributed by atoms with Crippen molar-refractivity contribution in [2.45, 2.75) is 0 Å². The van der Waals surface area contributed by atoms with Crippen molar-refractivity contribution in [1.29, 1.82) is 0 Å². The minimum Gasteiger partial charge on any atom is -0.511 e. The minimum atomic E-state index is -3.13. The van der Waals surface area contributed by atoms with E-state index in [1.807, 2.05) is 0 Å². The Hall–Kier alpha value is -0.177. The molecule has 0 radical (unpaired) electrons. The molecular weight excluding hydrogens is 278 g/mol. The molecule has 80 valence electrons. The third-order valence-electron chi connectivity index (χ3n) is 0. The van der Waals surface area contributed by atoms with E-state index >= 15 is 0 Å². The molecule has 0 rings (SSSR count). The third-order valence-corrected chi connectivity index (χ3v) is 0. The zero-order valence-corrected chi connectivity index (χ0v) is 11.3. The number of hydrogen-bond acceptors (Lipinski definition) is 6. The molecule has 0 aromatic rings. The van der Waals surface area contributed by atoms with Crippen LogP contribution in [0.15, 0.2) is 0 Å². The van der Waals surface area contributed by atoms with Gasteiger partial charge in [-0.05, 0) is 0 Å². The van der Waals surface area contributed by atoms with Crippen LogP contribution in [-0.4, -0.2) is 90.0 Å². The molecule has 0 heterocycles. The second kappa shape index (κ2) is 37.1. The average Bonchev–Trinajstić information content (AvgIpc) is 1.85. The first kappa shape index (κ1) is 29.4. The van der Waals surface area contributed by atoms with Gasteiger partial charge in [0, 0.05) is 0 Å². The van der Waals surface area contributed by atoms with E-state index in [1.54, 1.807) is 0 Å². The van der Waals surface area contributed by atoms with E-state index in [9.17, 15) is 0 Å². The Bertz CT molecular complexity index is 134. The van der Waals surface area contributed by atoms with Crippen LogP contribution in [0, 0.1) is 0 Å². The molecule has 0 amide bonds. The van der Waals surface area contributed by atoms with Crippen LogP contribution in [0.3, 0.4) is 0 Å². The standard InChI is InChI=1S/2BO2.Ca.2H2O3Si/c2*2-1-3;;2*1-4(2)3/h;;;2*1-2H/q2*-1;+2;;. The maximum Gasteiger partial charge on any atom is 2.00 e. The average molecular weight is 282 g/mol. The fraction of sp³-hybridized carbons (Fsp3) is 0. The van der Waals surface area contributed by atoms with Crippen molar-refractivity contribution in [3.63, 3.8) is 0 Å². The molecule has 0 fully saturated rings. The summed E-state index contributed by atoms with van der Waals surface area (Å²) in [5.41, 5.74) is 0. The van der Waals surface area contributed by atoms with Crippen LogP contribution in [0.2, 0.25) is 0 Å². The first-order chi connectivity index (χ1) is 6.29. The van der Waals surface area contributed by atoms with E-state index in [2.05, 4.69) is 0 Å². The Morgan fingerprint density at radius 1 is 0.800 bits per heavy atom. The maximum atomic E-state index is 8.74. The van der Waals surface area contributed by atoms with Gasteiger partial charge < -0.3 is 19.2 Å². The zero-order valence-electron chi connectivity index (χ0n) is 7.10. The molecule has 0 aromatic carbocycles. The second-order valence-corrected chi connectivity index (χ2v) is 1.89. The van der Waals surface area contributed by atoms with Crippen LogP contribution in [0.1, 0.15) is 0 Å². The van der Waals surface area contributed by atoms with E-state index in [4.69, 9.17) is 47.6 Å². The summed E-state index contributed by atoms with van der Waals surface area (Å²) in [5, 5.41) is 16.5. The Balaban J connectivity index is -0.0000000293. The van der Waals surface area contributed by atoms with Crippen molar-refractivity contribution in [2.75, 3.05) is 0 Å². The molecule has 0 unspecified atom stereocenters. The van der Waals surface area contributed by atoms with E-state index in [0.29, 0.717) is 0 Å². The van der Waals surface area contributed by atoms with Gasteiger partial charge in [0.1, 0.15) is 0 Å². The van der Waals surface area contributed by atoms with E-state index in [0.717, 1.165) is 0 Å². The molecule has 15 heavy (non-hydrogen) atoms. The summed E-state index contributed by atoms with van der Waals surface area (Å²) < 4.78 is 34.0. The third kappa shape index (κ3) is 61900. The molecular formula is H4B2CaO10Si2. The van der Waals surface area contributed by atoms with Crippen LogP contribution >= 0.6 is 0 Å². The molecule has 10 nitrogen and oxygen atoms in total. The molecule has 0 aromatic heterocycles. The molecule has 0 atom stereocenters. The summed E-state index contributed by atoms with van der Waals surface area (Å²) in [6.07, 6.45) is 0. The van der Waals surface area contributed by atoms with Crippen LogP contribution in [-0.2, 0) is 18.3 Å². The van der Waals surface area contributed by atoms with Gasteiger partial charge in [0.05, 0.1) is 0 Å². The van der Waals surface area contributed by atoms with Crippen molar-refractivity contribution >= 4 is 70.8 Å². The summed E-state index contributed by atoms with van der Waals surface area (Å²) in [6.45, 7) is 0. The van der Waals surface area contributed by atoms with Gasteiger partial charge in [-0.1, -0.05) is 0 Å². The van der Waals surface area contributed by atoms with Gasteiger partial charge in [0.15, 0.2) is 0 Å². The van der Waals surface area contributed by atoms with Crippen LogP contribution in [0.5, 0.6) is 0 Å². The Morgan fingerprint density at radius 2 is 0.800 bits per heavy atom. The molecule has 0 aliphatic carbocycles. The zero-order chi connectivity index (χ0) is 12.6. The molecule has 0 aliphatic heterocycles. The summed E-state index contributed by atoms with van der Waals surface area (Å²) in [4.78, 5) is 28.6. The maximum absolute atomic E-state index is 8.74. The van der Waals surface area contributed by atoms with Crippen molar-refractivity contribution < 1.29 is 47.6 Å². The number of rotatable bonds is 0. The van der Waals surface area contributed by atoms with E-state index in [-0.39, 0.29) is 37.7 Å². The summed E-state index contributed by atoms with van der Waals surface area (Å²) in [7, 11) is -7.26. The van der Waals surface area contributed by atoms with Crippen molar-refractivity contribution in [3.05, 3.63) is 0 Å². The van der Waals surface area contributed by atoms with Crippen molar-refractivity contribution in [3.8, 4) is 0 Å². The molecule has 15 heteroatoms. The van der Waals surface area contributed by atoms with Crippen LogP contribution in [0.25, 0.3) is 0 Å². The number of hydrogen-bond donors (Lipinski definition) is 4. The molecule has 0 spiro atoms. The first-order valence-corrected chi connectivity index (χ1v) is 4.85. The van der Waals surface area contributed by atoms with Gasteiger partial charge >= 0.3 is 90.2 Å². The Kier molecular flexibility index (Phi) is 72.7. The smallest absolute Gasteiger partial charge is 0.511 e. The van der Waals surface area contributed by atoms with E-state index < -0.39 is 33.0 Å². The van der Waals surface area contributed by atoms with Gasteiger partial charge in [0.25, 0.3) is 0 Å². The molecule has 0 saturated carbocycles. The van der Waals surface area contributed by atoms with Gasteiger partial charge in [-0.3, -0.25) is 8.92 Å². The normalized spacial score (nSPS) is 4.27. The second-order valence-electron chi connectivity index (χ2n) is 0.758. The van der Waals surface area contributed by atoms with Gasteiger partial charge in [-0.25, -0.2) is 0 Å². The fourth-order valence-corrected chi connectivity index (χ4v) is 0. The summed E-state index contributed by atoms with van der Waals surface area (Å²) in [5.74, 6) is 0. The molecule has 4 N–H and O–H groups in total. The SMILES string of the molecule is O=B[O-].O=B[O-].O=[Si](O)O.O=[Si](O)O.[Ca+2]. The predicted octanol–water partition coefficient (Wildman–Crippen LogP) is -6.99. The fourth-order valence-electron chi connectivity index (χ4n) is 0. The monoisotopic (exact) mass is 282 g/mol. The Morgan fingerprint density at radius 3 is 0.800 bits per heavy atom. The molecule has 0 saturated heterocycles. The molecule has 0 aliphatic rings. The Labute approximate surface area is 118 Å². The van der Waals surface area contributed by atoms with Crippen molar-refractivity contribution in [2.24, 2.45) is 0 Å². The van der Waals surface area contributed by atoms with Crippen molar-refractivity contribution in [1.82, 2.24) is 0 Å². The van der Waals surface area contributed by atoms with E-state index in [1.165, 1.54) is 0 Å². The summed E-state index contributed by atoms with van der Waals surface area (Å²) in [6, 6.07) is 0. The van der Waals surface area contributed by atoms with Gasteiger partial charge in [-0.15, -0.1) is 0 Å². The topological polar surface area (TPSA) is 195 Å². The summed E-state index contributed by atoms with van der Waals surface area (Å²) >= 11 is 0. The predicted molar refractivity (Wildman–Crippen MR) is 40.4 cm³/mol. The van der Waals surface area contributed by atoms with Gasteiger partial charge in [-0.2, -0.15) is 0 Å². The quantitative estimate of drug-likeness (QED) is 0.310. The van der Waals surface area contributed by atoms with Crippen LogP contribution < -0.4 is 10.0 Å². The molecule has 0 bridgehead atoms.